The molecular formula is C15H11N3O5S2. The van der Waals surface area contributed by atoms with E-state index >= 15 is 0 Å². The number of pyridine rings is 1. The van der Waals surface area contributed by atoms with Crippen molar-refractivity contribution < 1.29 is 19.4 Å². The average Bonchev–Trinajstić information content (AvgIpc) is 3.18. The molecule has 0 saturated heterocycles. The fourth-order valence-corrected chi connectivity index (χ4v) is 4.08. The van der Waals surface area contributed by atoms with Crippen LogP contribution in [0.25, 0.3) is 10.3 Å². The van der Waals surface area contributed by atoms with Gasteiger partial charge in [0.2, 0.25) is 12.7 Å². The predicted octanol–water partition coefficient (Wildman–Crippen LogP) is 2.15. The van der Waals surface area contributed by atoms with Gasteiger partial charge in [-0.2, -0.15) is 0 Å². The van der Waals surface area contributed by atoms with Crippen LogP contribution in [-0.4, -0.2) is 33.5 Å². The first-order chi connectivity index (χ1) is 12.1. The molecule has 0 radical (unpaired) electrons. The number of ether oxygens (including phenoxy) is 2. The summed E-state index contributed by atoms with van der Waals surface area (Å²) in [7, 11) is 0. The van der Waals surface area contributed by atoms with Gasteiger partial charge in [0.25, 0.3) is 5.56 Å². The average molecular weight is 377 g/mol. The number of thioether (sulfide) groups is 1. The first-order valence-corrected chi connectivity index (χ1v) is 8.94. The van der Waals surface area contributed by atoms with E-state index in [4.69, 9.17) is 9.47 Å². The summed E-state index contributed by atoms with van der Waals surface area (Å²) in [6.07, 6.45) is 0. The molecule has 0 spiro atoms. The minimum atomic E-state index is -0.424. The van der Waals surface area contributed by atoms with Crippen molar-refractivity contribution in [3.8, 4) is 17.2 Å². The maximum absolute atomic E-state index is 12.1. The maximum Gasteiger partial charge on any atom is 0.253 e. The number of aromatic nitrogens is 2. The van der Waals surface area contributed by atoms with Crippen molar-refractivity contribution in [3.63, 3.8) is 0 Å². The summed E-state index contributed by atoms with van der Waals surface area (Å²) in [6, 6.07) is 6.26. The van der Waals surface area contributed by atoms with Crippen LogP contribution >= 0.6 is 23.1 Å². The first-order valence-electron chi connectivity index (χ1n) is 7.13. The molecule has 1 aromatic carbocycles. The highest BCUT2D eigenvalue weighted by atomic mass is 32.2. The largest absolute Gasteiger partial charge is 0.506 e. The lowest BCUT2D eigenvalue weighted by atomic mass is 10.3. The first kappa shape index (κ1) is 15.8. The number of thiazole rings is 1. The number of aromatic amines is 1. The van der Waals surface area contributed by atoms with E-state index < -0.39 is 5.56 Å². The predicted molar refractivity (Wildman–Crippen MR) is 93.8 cm³/mol. The summed E-state index contributed by atoms with van der Waals surface area (Å²) < 4.78 is 11.5. The SMILES string of the molecule is O=C(CSc1nc2[nH]c(=O)cc(O)c2s1)Nc1ccc2c(c1)OCO2. The summed E-state index contributed by atoms with van der Waals surface area (Å²) in [6.45, 7) is 0.176. The molecule has 8 nitrogen and oxygen atoms in total. The Bertz CT molecular complexity index is 1030. The summed E-state index contributed by atoms with van der Waals surface area (Å²) in [5.74, 6) is 1.06. The van der Waals surface area contributed by atoms with Crippen LogP contribution in [0.4, 0.5) is 5.69 Å². The van der Waals surface area contributed by atoms with Crippen LogP contribution in [-0.2, 0) is 4.79 Å². The van der Waals surface area contributed by atoms with Gasteiger partial charge in [-0.15, -0.1) is 11.3 Å². The monoisotopic (exact) mass is 377 g/mol. The lowest BCUT2D eigenvalue weighted by molar-refractivity contribution is -0.113. The van der Waals surface area contributed by atoms with Crippen molar-refractivity contribution in [1.82, 2.24) is 9.97 Å². The van der Waals surface area contributed by atoms with Gasteiger partial charge < -0.3 is 24.9 Å². The molecule has 1 aliphatic rings. The van der Waals surface area contributed by atoms with E-state index in [9.17, 15) is 14.7 Å². The quantitative estimate of drug-likeness (QED) is 0.597. The Labute approximate surface area is 148 Å². The molecular weight excluding hydrogens is 366 g/mol. The number of carbonyl (C=O) groups is 1. The van der Waals surface area contributed by atoms with Crippen molar-refractivity contribution in [3.05, 3.63) is 34.6 Å². The fourth-order valence-electron chi connectivity index (χ4n) is 2.26. The molecule has 0 aliphatic carbocycles. The van der Waals surface area contributed by atoms with E-state index in [0.717, 1.165) is 6.07 Å². The van der Waals surface area contributed by atoms with Gasteiger partial charge >= 0.3 is 0 Å². The number of anilines is 1. The van der Waals surface area contributed by atoms with E-state index in [2.05, 4.69) is 15.3 Å². The Kier molecular flexibility index (Phi) is 3.98. The zero-order chi connectivity index (χ0) is 17.4. The lowest BCUT2D eigenvalue weighted by Crippen LogP contribution is -2.13. The van der Waals surface area contributed by atoms with Crippen LogP contribution in [0.15, 0.2) is 33.4 Å². The Balaban J connectivity index is 1.42. The second-order valence-corrected chi connectivity index (χ2v) is 7.30. The molecule has 4 rings (SSSR count). The van der Waals surface area contributed by atoms with Crippen LogP contribution < -0.4 is 20.3 Å². The molecule has 128 valence electrons. The van der Waals surface area contributed by atoms with E-state index in [1.165, 1.54) is 23.1 Å². The van der Waals surface area contributed by atoms with Gasteiger partial charge in [0.05, 0.1) is 5.75 Å². The number of carbonyl (C=O) groups excluding carboxylic acids is 1. The van der Waals surface area contributed by atoms with Gasteiger partial charge in [0.15, 0.2) is 21.5 Å². The summed E-state index contributed by atoms with van der Waals surface area (Å²) in [5, 5.41) is 12.5. The molecule has 1 amide bonds. The van der Waals surface area contributed by atoms with Gasteiger partial charge in [-0.3, -0.25) is 9.59 Å². The van der Waals surface area contributed by atoms with Gasteiger partial charge in [0.1, 0.15) is 10.4 Å². The van der Waals surface area contributed by atoms with Crippen LogP contribution in [0.5, 0.6) is 17.2 Å². The number of fused-ring (bicyclic) bond motifs is 2. The van der Waals surface area contributed by atoms with E-state index in [0.29, 0.717) is 31.9 Å². The van der Waals surface area contributed by atoms with Crippen molar-refractivity contribution in [2.45, 2.75) is 4.34 Å². The number of hydrogen-bond donors (Lipinski definition) is 3. The highest BCUT2D eigenvalue weighted by Crippen LogP contribution is 2.35. The minimum absolute atomic E-state index is 0.118. The molecule has 2 aromatic heterocycles. The smallest absolute Gasteiger partial charge is 0.253 e. The van der Waals surface area contributed by atoms with Crippen LogP contribution in [0, 0.1) is 0 Å². The fraction of sp³-hybridized carbons (Fsp3) is 0.133. The zero-order valence-corrected chi connectivity index (χ0v) is 14.2. The molecule has 1 aliphatic heterocycles. The molecule has 0 unspecified atom stereocenters. The Morgan fingerprint density at radius 1 is 1.36 bits per heavy atom. The molecule has 25 heavy (non-hydrogen) atoms. The standard InChI is InChI=1S/C15H11N3O5S2/c19-8-4-11(20)17-14-13(8)25-15(18-14)24-5-12(21)16-7-1-2-9-10(3-7)23-6-22-9/h1-4H,5-6H2,(H,16,21)(H2,17,19,20). The lowest BCUT2D eigenvalue weighted by Gasteiger charge is -2.05. The van der Waals surface area contributed by atoms with E-state index in [-0.39, 0.29) is 24.2 Å². The minimum Gasteiger partial charge on any atom is -0.506 e. The van der Waals surface area contributed by atoms with Gasteiger partial charge in [-0.25, -0.2) is 4.98 Å². The third-order valence-electron chi connectivity index (χ3n) is 3.33. The zero-order valence-electron chi connectivity index (χ0n) is 12.6. The van der Waals surface area contributed by atoms with Crippen LogP contribution in [0.3, 0.4) is 0 Å². The van der Waals surface area contributed by atoms with Gasteiger partial charge in [-0.05, 0) is 12.1 Å². The second kappa shape index (κ2) is 6.30. The van der Waals surface area contributed by atoms with E-state index in [1.54, 1.807) is 18.2 Å². The Morgan fingerprint density at radius 2 is 2.20 bits per heavy atom. The van der Waals surface area contributed by atoms with Crippen molar-refractivity contribution in [2.24, 2.45) is 0 Å². The molecule has 0 bridgehead atoms. The van der Waals surface area contributed by atoms with Crippen molar-refractivity contribution in [1.29, 1.82) is 0 Å². The molecule has 0 fully saturated rings. The van der Waals surface area contributed by atoms with E-state index in [1.807, 2.05) is 0 Å². The summed E-state index contributed by atoms with van der Waals surface area (Å²) in [5.41, 5.74) is 0.502. The highest BCUT2D eigenvalue weighted by Gasteiger charge is 2.15. The normalized spacial score (nSPS) is 12.5. The maximum atomic E-state index is 12.1. The third-order valence-corrected chi connectivity index (χ3v) is 5.55. The number of H-pyrrole nitrogens is 1. The van der Waals surface area contributed by atoms with Gasteiger partial charge in [0, 0.05) is 17.8 Å². The number of nitrogens with one attached hydrogen (secondary N) is 2. The van der Waals surface area contributed by atoms with Crippen molar-refractivity contribution in [2.75, 3.05) is 17.9 Å². The number of nitrogens with zero attached hydrogens (tertiary/aromatic N) is 1. The summed E-state index contributed by atoms with van der Waals surface area (Å²) >= 11 is 2.43. The van der Waals surface area contributed by atoms with Crippen molar-refractivity contribution >= 4 is 45.0 Å². The Hall–Kier alpha value is -2.72. The highest BCUT2D eigenvalue weighted by molar-refractivity contribution is 8.01. The third kappa shape index (κ3) is 3.26. The Morgan fingerprint density at radius 3 is 3.08 bits per heavy atom. The molecule has 10 heteroatoms. The molecule has 3 N–H and O–H groups in total. The number of rotatable bonds is 4. The number of aromatic hydroxyl groups is 1. The van der Waals surface area contributed by atoms with Crippen LogP contribution in [0.1, 0.15) is 0 Å². The molecule has 3 heterocycles. The molecule has 3 aromatic rings. The van der Waals surface area contributed by atoms with Crippen LogP contribution in [0.2, 0.25) is 0 Å². The molecule has 0 atom stereocenters. The van der Waals surface area contributed by atoms with Gasteiger partial charge in [-0.1, -0.05) is 11.8 Å². The summed E-state index contributed by atoms with van der Waals surface area (Å²) in [4.78, 5) is 30.2. The second-order valence-electron chi connectivity index (χ2n) is 5.08. The number of amides is 1. The topological polar surface area (TPSA) is 114 Å². The number of benzene rings is 1. The molecule has 0 saturated carbocycles. The number of hydrogen-bond acceptors (Lipinski definition) is 8.